The van der Waals surface area contributed by atoms with Gasteiger partial charge in [-0.2, -0.15) is 5.10 Å². The molecular formula is C15H17ClN4O. The summed E-state index contributed by atoms with van der Waals surface area (Å²) in [6, 6.07) is 7.13. The van der Waals surface area contributed by atoms with Crippen molar-refractivity contribution in [3.63, 3.8) is 0 Å². The van der Waals surface area contributed by atoms with Crippen LogP contribution in [0.4, 0.5) is 5.69 Å². The van der Waals surface area contributed by atoms with E-state index in [0.717, 1.165) is 25.1 Å². The van der Waals surface area contributed by atoms with E-state index in [1.807, 2.05) is 11.0 Å². The molecule has 1 aromatic carbocycles. The molecule has 1 fully saturated rings. The highest BCUT2D eigenvalue weighted by Gasteiger charge is 2.27. The molecule has 3 N–H and O–H groups in total. The third-order valence-corrected chi connectivity index (χ3v) is 4.28. The van der Waals surface area contributed by atoms with Crippen molar-refractivity contribution in [2.45, 2.75) is 18.8 Å². The molecule has 3 rings (SSSR count). The standard InChI is InChI=1S/C15H17ClN4O/c16-12-5-1-4-11(14(12)17)15(21)20-8-2-3-10(9-20)13-6-7-18-19-13/h1,4-7,10H,2-3,8-9,17H2,(H,18,19). The molecular weight excluding hydrogens is 288 g/mol. The van der Waals surface area contributed by atoms with Crippen LogP contribution >= 0.6 is 11.6 Å². The molecule has 0 bridgehead atoms. The Morgan fingerprint density at radius 2 is 2.29 bits per heavy atom. The number of likely N-dealkylation sites (tertiary alicyclic amines) is 1. The van der Waals surface area contributed by atoms with Crippen molar-refractivity contribution in [1.82, 2.24) is 15.1 Å². The van der Waals surface area contributed by atoms with Crippen LogP contribution in [-0.2, 0) is 0 Å². The molecule has 5 nitrogen and oxygen atoms in total. The maximum Gasteiger partial charge on any atom is 0.256 e. The molecule has 1 aromatic heterocycles. The summed E-state index contributed by atoms with van der Waals surface area (Å²) in [6.07, 6.45) is 3.76. The number of nitrogens with zero attached hydrogens (tertiary/aromatic N) is 2. The monoisotopic (exact) mass is 304 g/mol. The van der Waals surface area contributed by atoms with Gasteiger partial charge in [-0.05, 0) is 31.0 Å². The van der Waals surface area contributed by atoms with Gasteiger partial charge in [0.1, 0.15) is 0 Å². The van der Waals surface area contributed by atoms with Gasteiger partial charge in [0.15, 0.2) is 0 Å². The fourth-order valence-corrected chi connectivity index (χ4v) is 2.98. The first-order chi connectivity index (χ1) is 10.2. The SMILES string of the molecule is Nc1c(Cl)cccc1C(=O)N1CCCC(c2ccn[nH]2)C1. The number of nitrogens with one attached hydrogen (secondary N) is 1. The number of hydrogen-bond donors (Lipinski definition) is 2. The van der Waals surface area contributed by atoms with Gasteiger partial charge >= 0.3 is 0 Å². The zero-order chi connectivity index (χ0) is 14.8. The number of hydrogen-bond acceptors (Lipinski definition) is 3. The van der Waals surface area contributed by atoms with Crippen molar-refractivity contribution < 1.29 is 4.79 Å². The average Bonchev–Trinajstić information content (AvgIpc) is 3.04. The maximum atomic E-state index is 12.6. The van der Waals surface area contributed by atoms with Gasteiger partial charge in [0.2, 0.25) is 0 Å². The molecule has 0 spiro atoms. The Kier molecular flexibility index (Phi) is 3.84. The fraction of sp³-hybridized carbons (Fsp3) is 0.333. The molecule has 1 amide bonds. The highest BCUT2D eigenvalue weighted by Crippen LogP contribution is 2.28. The first-order valence-electron chi connectivity index (χ1n) is 6.99. The van der Waals surface area contributed by atoms with E-state index in [-0.39, 0.29) is 5.91 Å². The lowest BCUT2D eigenvalue weighted by molar-refractivity contribution is 0.0707. The van der Waals surface area contributed by atoms with Crippen LogP contribution < -0.4 is 5.73 Å². The summed E-state index contributed by atoms with van der Waals surface area (Å²) in [6.45, 7) is 1.42. The minimum absolute atomic E-state index is 0.0563. The number of carbonyl (C=O) groups is 1. The number of benzene rings is 1. The predicted molar refractivity (Wildman–Crippen MR) is 82.3 cm³/mol. The van der Waals surface area contributed by atoms with Crippen LogP contribution in [0.5, 0.6) is 0 Å². The number of amides is 1. The van der Waals surface area contributed by atoms with Crippen molar-refractivity contribution in [3.05, 3.63) is 46.7 Å². The van der Waals surface area contributed by atoms with Crippen LogP contribution in [0.3, 0.4) is 0 Å². The number of anilines is 1. The molecule has 1 unspecified atom stereocenters. The molecule has 0 saturated carbocycles. The van der Waals surface area contributed by atoms with Gasteiger partial charge in [0.05, 0.1) is 16.3 Å². The van der Waals surface area contributed by atoms with Gasteiger partial charge in [-0.1, -0.05) is 17.7 Å². The quantitative estimate of drug-likeness (QED) is 0.838. The number of halogens is 1. The minimum Gasteiger partial charge on any atom is -0.397 e. The van der Waals surface area contributed by atoms with Crippen LogP contribution in [0.15, 0.2) is 30.5 Å². The van der Waals surface area contributed by atoms with Crippen LogP contribution in [0.2, 0.25) is 5.02 Å². The molecule has 21 heavy (non-hydrogen) atoms. The van der Waals surface area contributed by atoms with Gasteiger partial charge in [0.25, 0.3) is 5.91 Å². The van der Waals surface area contributed by atoms with Gasteiger partial charge in [-0.25, -0.2) is 0 Å². The zero-order valence-corrected chi connectivity index (χ0v) is 12.3. The molecule has 1 aliphatic heterocycles. The third-order valence-electron chi connectivity index (χ3n) is 3.95. The first-order valence-corrected chi connectivity index (χ1v) is 7.37. The molecule has 2 aromatic rings. The molecule has 0 radical (unpaired) electrons. The summed E-state index contributed by atoms with van der Waals surface area (Å²) in [7, 11) is 0. The normalized spacial score (nSPS) is 18.7. The minimum atomic E-state index is -0.0563. The summed E-state index contributed by atoms with van der Waals surface area (Å²) in [5.74, 6) is 0.241. The second kappa shape index (κ2) is 5.77. The van der Waals surface area contributed by atoms with E-state index in [1.165, 1.54) is 0 Å². The van der Waals surface area contributed by atoms with Crippen molar-refractivity contribution in [2.24, 2.45) is 0 Å². The van der Waals surface area contributed by atoms with Crippen molar-refractivity contribution in [3.8, 4) is 0 Å². The lowest BCUT2D eigenvalue weighted by Crippen LogP contribution is -2.39. The van der Waals surface area contributed by atoms with Crippen molar-refractivity contribution >= 4 is 23.2 Å². The largest absolute Gasteiger partial charge is 0.397 e. The van der Waals surface area contributed by atoms with Gasteiger partial charge in [0, 0.05) is 30.9 Å². The summed E-state index contributed by atoms with van der Waals surface area (Å²) < 4.78 is 0. The molecule has 1 saturated heterocycles. The summed E-state index contributed by atoms with van der Waals surface area (Å²) >= 11 is 6.00. The fourth-order valence-electron chi connectivity index (χ4n) is 2.80. The molecule has 1 atom stereocenters. The van der Waals surface area contributed by atoms with Gasteiger partial charge < -0.3 is 10.6 Å². The Labute approximate surface area is 128 Å². The molecule has 2 heterocycles. The molecule has 1 aliphatic rings. The first kappa shape index (κ1) is 13.9. The van der Waals surface area contributed by atoms with E-state index in [2.05, 4.69) is 10.2 Å². The number of piperidine rings is 1. The number of para-hydroxylation sites is 1. The molecule has 0 aliphatic carbocycles. The number of rotatable bonds is 2. The number of nitrogen functional groups attached to an aromatic ring is 1. The van der Waals surface area contributed by atoms with Crippen LogP contribution in [-0.4, -0.2) is 34.1 Å². The van der Waals surface area contributed by atoms with E-state index >= 15 is 0 Å². The second-order valence-electron chi connectivity index (χ2n) is 5.30. The topological polar surface area (TPSA) is 75.0 Å². The lowest BCUT2D eigenvalue weighted by atomic mass is 9.94. The summed E-state index contributed by atoms with van der Waals surface area (Å²) in [5, 5.41) is 7.40. The molecule has 110 valence electrons. The number of nitrogens with two attached hydrogens (primary N) is 1. The van der Waals surface area contributed by atoms with E-state index in [9.17, 15) is 4.79 Å². The predicted octanol–water partition coefficient (Wildman–Crippen LogP) is 2.67. The highest BCUT2D eigenvalue weighted by molar-refractivity contribution is 6.33. The Balaban J connectivity index is 1.80. The third kappa shape index (κ3) is 2.74. The Bertz CT molecular complexity index is 641. The number of aromatic amines is 1. The summed E-state index contributed by atoms with van der Waals surface area (Å²) in [5.41, 5.74) is 7.83. The van der Waals surface area contributed by atoms with E-state index < -0.39 is 0 Å². The van der Waals surface area contributed by atoms with Gasteiger partial charge in [-0.3, -0.25) is 9.89 Å². The average molecular weight is 305 g/mol. The van der Waals surface area contributed by atoms with E-state index in [1.54, 1.807) is 24.4 Å². The van der Waals surface area contributed by atoms with Crippen LogP contribution in [0.1, 0.15) is 34.8 Å². The maximum absolute atomic E-state index is 12.6. The van der Waals surface area contributed by atoms with Crippen LogP contribution in [0, 0.1) is 0 Å². The van der Waals surface area contributed by atoms with Crippen LogP contribution in [0.25, 0.3) is 0 Å². The Morgan fingerprint density at radius 1 is 1.43 bits per heavy atom. The second-order valence-corrected chi connectivity index (χ2v) is 5.71. The number of aromatic nitrogens is 2. The number of H-pyrrole nitrogens is 1. The Hall–Kier alpha value is -2.01. The van der Waals surface area contributed by atoms with E-state index in [4.69, 9.17) is 17.3 Å². The van der Waals surface area contributed by atoms with Crippen molar-refractivity contribution in [2.75, 3.05) is 18.8 Å². The Morgan fingerprint density at radius 3 is 3.05 bits per heavy atom. The van der Waals surface area contributed by atoms with E-state index in [0.29, 0.717) is 28.7 Å². The van der Waals surface area contributed by atoms with Gasteiger partial charge in [-0.15, -0.1) is 0 Å². The highest BCUT2D eigenvalue weighted by atomic mass is 35.5. The lowest BCUT2D eigenvalue weighted by Gasteiger charge is -2.32. The zero-order valence-electron chi connectivity index (χ0n) is 11.6. The smallest absolute Gasteiger partial charge is 0.256 e. The molecule has 6 heteroatoms. The van der Waals surface area contributed by atoms with Crippen molar-refractivity contribution in [1.29, 1.82) is 0 Å². The summed E-state index contributed by atoms with van der Waals surface area (Å²) in [4.78, 5) is 14.5. The number of carbonyl (C=O) groups excluding carboxylic acids is 1.